The van der Waals surface area contributed by atoms with E-state index >= 15 is 0 Å². The Balaban J connectivity index is 1.57. The topological polar surface area (TPSA) is 0 Å². The molecule has 0 amide bonds. The first-order valence-electron chi connectivity index (χ1n) is 24.9. The molecule has 0 aliphatic heterocycles. The van der Waals surface area contributed by atoms with Gasteiger partial charge in [0, 0.05) is 0 Å². The first-order chi connectivity index (χ1) is 35.8. The maximum absolute atomic E-state index is 2.38. The summed E-state index contributed by atoms with van der Waals surface area (Å²) in [6, 6.07) is 108. The Morgan fingerprint density at radius 1 is 0.111 bits per heavy atom. The molecular formula is C72H48. The zero-order valence-electron chi connectivity index (χ0n) is 39.7. The predicted molar refractivity (Wildman–Crippen MR) is 300 cm³/mol. The second-order valence-electron chi connectivity index (χ2n) is 18.5. The van der Waals surface area contributed by atoms with Gasteiger partial charge < -0.3 is 0 Å². The molecule has 12 aromatic rings. The van der Waals surface area contributed by atoms with Crippen molar-refractivity contribution < 1.29 is 0 Å². The van der Waals surface area contributed by atoms with Crippen molar-refractivity contribution in [3.8, 4) is 89.0 Å². The van der Waals surface area contributed by atoms with Crippen LogP contribution < -0.4 is 0 Å². The standard InChI is InChI=1S/C72H48/c1-9-29-49(30-10-1)61-63(51-33-13-3-14-34-51)67(55-41-21-7-22-42-55)71-69(65(61)53-37-17-5-18-38-53)59-47-27-25-45-57(59)58-46-26-28-48-60(58)70-66(54-39-19-6-20-40-54)62(50-31-11-2-12-32-50)64(52-35-15-4-16-36-52)68(72(70)71)56-43-23-8-24-44-56/h1-48H/b58-57-,69-59-,70-60-,72-71-. The summed E-state index contributed by atoms with van der Waals surface area (Å²) in [5.41, 5.74) is 18.8. The number of hydrogen-bond acceptors (Lipinski definition) is 0. The van der Waals surface area contributed by atoms with Gasteiger partial charge in [0.15, 0.2) is 0 Å². The van der Waals surface area contributed by atoms with E-state index in [9.17, 15) is 0 Å². The minimum Gasteiger partial charge on any atom is -0.0622 e. The van der Waals surface area contributed by atoms with Crippen molar-refractivity contribution in [2.24, 2.45) is 0 Å². The molecule has 0 unspecified atom stereocenters. The van der Waals surface area contributed by atoms with E-state index < -0.39 is 0 Å². The SMILES string of the molecule is c1ccc(-c2c(-c3ccccc3)c(-c3ccccc3)c3/c(c2-c2ccccc2)=c2/cccc/c2=c2\cccc\c2=c2/c(-c4ccccc4)c(-c4ccccc4)c(-c4ccccc4)c(-c4ccccc4)/c2=3)cc1. The quantitative estimate of drug-likeness (QED) is 0.142. The fourth-order valence-electron chi connectivity index (χ4n) is 11.6. The molecule has 0 radical (unpaired) electrons. The molecule has 0 saturated carbocycles. The van der Waals surface area contributed by atoms with Gasteiger partial charge in [0.1, 0.15) is 0 Å². The van der Waals surface area contributed by atoms with Crippen molar-refractivity contribution in [2.75, 3.05) is 0 Å². The lowest BCUT2D eigenvalue weighted by Crippen LogP contribution is -2.05. The Morgan fingerprint density at radius 3 is 0.472 bits per heavy atom. The maximum Gasteiger partial charge on any atom is -0.0000710 e. The Bertz CT molecular complexity index is 4070. The van der Waals surface area contributed by atoms with Gasteiger partial charge >= 0.3 is 0 Å². The van der Waals surface area contributed by atoms with Gasteiger partial charge in [0.05, 0.1) is 0 Å². The summed E-state index contributed by atoms with van der Waals surface area (Å²) < 4.78 is 0. The maximum atomic E-state index is 2.38. The average Bonchev–Trinajstić information content (AvgIpc) is 3.47. The summed E-state index contributed by atoms with van der Waals surface area (Å²) >= 11 is 0. The van der Waals surface area contributed by atoms with Gasteiger partial charge in [0.25, 0.3) is 0 Å². The van der Waals surface area contributed by atoms with E-state index in [-0.39, 0.29) is 0 Å². The molecule has 0 atom stereocenters. The van der Waals surface area contributed by atoms with Crippen LogP contribution in [0.3, 0.4) is 0 Å². The third-order valence-electron chi connectivity index (χ3n) is 14.4. The molecule has 0 aromatic heterocycles. The van der Waals surface area contributed by atoms with Crippen LogP contribution >= 0.6 is 0 Å². The van der Waals surface area contributed by atoms with Crippen LogP contribution in [0.15, 0.2) is 291 Å². The van der Waals surface area contributed by atoms with E-state index in [0.717, 1.165) is 44.5 Å². The van der Waals surface area contributed by atoms with Crippen LogP contribution in [-0.2, 0) is 0 Å². The molecule has 0 spiro atoms. The lowest BCUT2D eigenvalue weighted by atomic mass is 9.76. The average molecular weight is 913 g/mol. The molecule has 0 bridgehead atoms. The second-order valence-corrected chi connectivity index (χ2v) is 18.5. The Labute approximate surface area is 419 Å². The molecule has 72 heavy (non-hydrogen) atoms. The van der Waals surface area contributed by atoms with E-state index in [0.29, 0.717) is 0 Å². The van der Waals surface area contributed by atoms with Crippen molar-refractivity contribution in [3.05, 3.63) is 333 Å². The number of rotatable bonds is 8. The number of benzene rings is 12. The van der Waals surface area contributed by atoms with Crippen LogP contribution in [0, 0.1) is 41.7 Å². The zero-order valence-corrected chi connectivity index (χ0v) is 39.7. The Hall–Kier alpha value is -9.36. The van der Waals surface area contributed by atoms with Crippen LogP contribution in [0.5, 0.6) is 0 Å². The molecule has 12 aromatic carbocycles. The molecular weight excluding hydrogens is 865 g/mol. The van der Waals surface area contributed by atoms with Crippen LogP contribution in [0.1, 0.15) is 0 Å². The minimum atomic E-state index is 1.15. The van der Waals surface area contributed by atoms with Crippen molar-refractivity contribution in [1.29, 1.82) is 0 Å². The highest BCUT2D eigenvalue weighted by atomic mass is 14.3. The van der Waals surface area contributed by atoms with E-state index in [1.54, 1.807) is 0 Å². The smallest absolute Gasteiger partial charge is 0.0000710 e. The zero-order chi connectivity index (χ0) is 47.8. The van der Waals surface area contributed by atoms with E-state index in [2.05, 4.69) is 291 Å². The number of fused-ring (bicyclic) bond motifs is 4. The summed E-state index contributed by atoms with van der Waals surface area (Å²) in [6.45, 7) is 0. The van der Waals surface area contributed by atoms with Crippen LogP contribution in [0.25, 0.3) is 89.0 Å². The van der Waals surface area contributed by atoms with Gasteiger partial charge in [-0.3, -0.25) is 0 Å². The van der Waals surface area contributed by atoms with E-state index in [1.807, 2.05) is 0 Å². The van der Waals surface area contributed by atoms with Gasteiger partial charge in [-0.1, -0.05) is 291 Å². The fourth-order valence-corrected chi connectivity index (χ4v) is 11.6. The molecule has 336 valence electrons. The highest BCUT2D eigenvalue weighted by molar-refractivity contribution is 6.05. The molecule has 0 fully saturated rings. The van der Waals surface area contributed by atoms with Crippen molar-refractivity contribution in [3.63, 3.8) is 0 Å². The van der Waals surface area contributed by atoms with Crippen molar-refractivity contribution >= 4 is 0 Å². The normalized spacial score (nSPS) is 13.3. The van der Waals surface area contributed by atoms with Crippen molar-refractivity contribution in [2.45, 2.75) is 0 Å². The molecule has 0 nitrogen and oxygen atoms in total. The van der Waals surface area contributed by atoms with Gasteiger partial charge in [-0.2, -0.15) is 0 Å². The lowest BCUT2D eigenvalue weighted by molar-refractivity contribution is 1.29. The molecule has 1 aliphatic carbocycles. The molecule has 0 saturated heterocycles. The van der Waals surface area contributed by atoms with E-state index in [1.165, 1.54) is 86.3 Å². The van der Waals surface area contributed by atoms with Crippen molar-refractivity contribution in [1.82, 2.24) is 0 Å². The predicted octanol–water partition coefficient (Wildman–Crippen LogP) is 18.5. The minimum absolute atomic E-state index is 1.15. The summed E-state index contributed by atoms with van der Waals surface area (Å²) in [5.74, 6) is 0. The highest BCUT2D eigenvalue weighted by Crippen LogP contribution is 2.52. The van der Waals surface area contributed by atoms with Gasteiger partial charge in [-0.25, -0.2) is 0 Å². The summed E-state index contributed by atoms with van der Waals surface area (Å²) in [7, 11) is 0. The largest absolute Gasteiger partial charge is 0.0622 e. The van der Waals surface area contributed by atoms with Crippen LogP contribution in [0.4, 0.5) is 0 Å². The van der Waals surface area contributed by atoms with Gasteiger partial charge in [-0.05, 0) is 131 Å². The molecule has 13 rings (SSSR count). The van der Waals surface area contributed by atoms with Gasteiger partial charge in [0.2, 0.25) is 0 Å². The molecule has 0 heterocycles. The second kappa shape index (κ2) is 18.5. The van der Waals surface area contributed by atoms with E-state index in [4.69, 9.17) is 0 Å². The Morgan fingerprint density at radius 2 is 0.264 bits per heavy atom. The monoisotopic (exact) mass is 912 g/mol. The van der Waals surface area contributed by atoms with Crippen LogP contribution in [0.2, 0.25) is 0 Å². The summed E-state index contributed by atoms with van der Waals surface area (Å²) in [6.07, 6.45) is 0. The fraction of sp³-hybridized carbons (Fsp3) is 0. The molecule has 0 heteroatoms. The Kier molecular flexibility index (Phi) is 11.0. The third kappa shape index (κ3) is 7.24. The lowest BCUT2D eigenvalue weighted by Gasteiger charge is -2.26. The summed E-state index contributed by atoms with van der Waals surface area (Å²) in [4.78, 5) is 0. The first kappa shape index (κ1) is 42.7. The third-order valence-corrected chi connectivity index (χ3v) is 14.4. The van der Waals surface area contributed by atoms with Gasteiger partial charge in [-0.15, -0.1) is 0 Å². The summed E-state index contributed by atoms with van der Waals surface area (Å²) in [5, 5.41) is 9.55. The highest BCUT2D eigenvalue weighted by Gasteiger charge is 2.28. The molecule has 1 aliphatic rings. The molecule has 0 N–H and O–H groups in total. The van der Waals surface area contributed by atoms with Crippen LogP contribution in [-0.4, -0.2) is 0 Å². The number of hydrogen-bond donors (Lipinski definition) is 0. The first-order valence-corrected chi connectivity index (χ1v) is 24.9.